The van der Waals surface area contributed by atoms with Crippen molar-refractivity contribution < 1.29 is 17.9 Å². The Labute approximate surface area is 162 Å². The molecule has 0 radical (unpaired) electrons. The molecule has 27 heavy (non-hydrogen) atoms. The standard InChI is InChI=1S/C18H32N4O4S/c1-5-19-17(20-6-7-22-8-10-27(24,25)11-9-22)21-13-18(4,23)16-12-14(2)26-15(16)3/h12,23H,5-11,13H2,1-4H3,(H2,19,20,21). The van der Waals surface area contributed by atoms with Gasteiger partial charge in [-0.1, -0.05) is 0 Å². The van der Waals surface area contributed by atoms with Gasteiger partial charge in [-0.2, -0.15) is 0 Å². The van der Waals surface area contributed by atoms with E-state index >= 15 is 0 Å². The zero-order chi connectivity index (χ0) is 20.1. The van der Waals surface area contributed by atoms with Crippen LogP contribution in [-0.4, -0.2) is 75.2 Å². The Morgan fingerprint density at radius 3 is 2.56 bits per heavy atom. The highest BCUT2D eigenvalue weighted by atomic mass is 32.2. The van der Waals surface area contributed by atoms with Crippen LogP contribution >= 0.6 is 0 Å². The summed E-state index contributed by atoms with van der Waals surface area (Å²) in [5.41, 5.74) is -0.375. The first-order chi connectivity index (χ1) is 12.6. The number of aryl methyl sites for hydroxylation is 2. The lowest BCUT2D eigenvalue weighted by atomic mass is 9.96. The van der Waals surface area contributed by atoms with Gasteiger partial charge in [-0.25, -0.2) is 13.4 Å². The smallest absolute Gasteiger partial charge is 0.191 e. The maximum atomic E-state index is 11.5. The summed E-state index contributed by atoms with van der Waals surface area (Å²) in [5, 5.41) is 17.2. The zero-order valence-electron chi connectivity index (χ0n) is 16.7. The molecule has 0 spiro atoms. The average molecular weight is 401 g/mol. The molecule has 0 amide bonds. The lowest BCUT2D eigenvalue weighted by Crippen LogP contribution is -2.46. The van der Waals surface area contributed by atoms with E-state index < -0.39 is 15.4 Å². The second kappa shape index (κ2) is 9.07. The van der Waals surface area contributed by atoms with Crippen molar-refractivity contribution >= 4 is 15.8 Å². The summed E-state index contributed by atoms with van der Waals surface area (Å²) < 4.78 is 28.5. The molecular formula is C18H32N4O4S. The van der Waals surface area contributed by atoms with Gasteiger partial charge in [0, 0.05) is 38.3 Å². The molecule has 0 saturated carbocycles. The summed E-state index contributed by atoms with van der Waals surface area (Å²) in [6, 6.07) is 1.84. The fourth-order valence-electron chi connectivity index (χ4n) is 3.13. The van der Waals surface area contributed by atoms with Gasteiger partial charge in [0.2, 0.25) is 0 Å². The molecule has 8 nitrogen and oxygen atoms in total. The van der Waals surface area contributed by atoms with Gasteiger partial charge >= 0.3 is 0 Å². The Morgan fingerprint density at radius 1 is 1.33 bits per heavy atom. The first kappa shape index (κ1) is 21.7. The molecule has 1 aliphatic heterocycles. The van der Waals surface area contributed by atoms with E-state index in [1.807, 2.05) is 26.8 Å². The number of guanidine groups is 1. The quantitative estimate of drug-likeness (QED) is 0.449. The highest BCUT2D eigenvalue weighted by Gasteiger charge is 2.27. The van der Waals surface area contributed by atoms with E-state index in [4.69, 9.17) is 4.42 Å². The Morgan fingerprint density at radius 2 is 2.00 bits per heavy atom. The first-order valence-corrected chi connectivity index (χ1v) is 11.2. The van der Waals surface area contributed by atoms with Crippen molar-refractivity contribution in [2.45, 2.75) is 33.3 Å². The van der Waals surface area contributed by atoms with E-state index in [2.05, 4.69) is 20.5 Å². The largest absolute Gasteiger partial charge is 0.466 e. The van der Waals surface area contributed by atoms with Crippen LogP contribution in [-0.2, 0) is 15.4 Å². The maximum Gasteiger partial charge on any atom is 0.191 e. The Balaban J connectivity index is 1.89. The van der Waals surface area contributed by atoms with Crippen LogP contribution in [0, 0.1) is 13.8 Å². The highest BCUT2D eigenvalue weighted by Crippen LogP contribution is 2.27. The molecule has 1 atom stereocenters. The molecule has 0 aromatic carbocycles. The third kappa shape index (κ3) is 6.51. The van der Waals surface area contributed by atoms with Crippen molar-refractivity contribution in [2.24, 2.45) is 4.99 Å². The molecule has 1 aliphatic rings. The van der Waals surface area contributed by atoms with Gasteiger partial charge in [0.15, 0.2) is 15.8 Å². The Bertz CT molecular complexity index is 741. The van der Waals surface area contributed by atoms with Crippen LogP contribution < -0.4 is 10.6 Å². The van der Waals surface area contributed by atoms with Gasteiger partial charge in [0.25, 0.3) is 0 Å². The van der Waals surface area contributed by atoms with Crippen LogP contribution in [0.1, 0.15) is 30.9 Å². The Kier molecular flexibility index (Phi) is 7.30. The van der Waals surface area contributed by atoms with Gasteiger partial charge in [0.05, 0.1) is 18.1 Å². The third-order valence-corrected chi connectivity index (χ3v) is 6.28. The molecule has 1 aromatic rings. The third-order valence-electron chi connectivity index (χ3n) is 4.67. The number of aliphatic hydroxyl groups is 1. The lowest BCUT2D eigenvalue weighted by Gasteiger charge is -2.27. The molecule has 2 heterocycles. The van der Waals surface area contributed by atoms with Gasteiger partial charge in [-0.05, 0) is 33.8 Å². The number of rotatable bonds is 7. The van der Waals surface area contributed by atoms with Crippen molar-refractivity contribution in [1.29, 1.82) is 0 Å². The maximum absolute atomic E-state index is 11.5. The molecule has 1 saturated heterocycles. The second-order valence-corrected chi connectivity index (χ2v) is 9.52. The molecule has 1 fully saturated rings. The monoisotopic (exact) mass is 400 g/mol. The molecule has 1 unspecified atom stereocenters. The first-order valence-electron chi connectivity index (χ1n) is 9.38. The molecule has 1 aromatic heterocycles. The zero-order valence-corrected chi connectivity index (χ0v) is 17.5. The van der Waals surface area contributed by atoms with Crippen molar-refractivity contribution in [1.82, 2.24) is 15.5 Å². The van der Waals surface area contributed by atoms with Gasteiger partial charge in [-0.15, -0.1) is 0 Å². The van der Waals surface area contributed by atoms with E-state index in [1.165, 1.54) is 0 Å². The molecular weight excluding hydrogens is 368 g/mol. The Hall–Kier alpha value is -1.58. The van der Waals surface area contributed by atoms with Gasteiger partial charge in [-0.3, -0.25) is 4.90 Å². The number of nitrogens with zero attached hydrogens (tertiary/aromatic N) is 2. The van der Waals surface area contributed by atoms with Crippen molar-refractivity contribution in [2.75, 3.05) is 50.8 Å². The summed E-state index contributed by atoms with van der Waals surface area (Å²) >= 11 is 0. The van der Waals surface area contributed by atoms with Gasteiger partial charge < -0.3 is 20.2 Å². The van der Waals surface area contributed by atoms with Crippen LogP contribution in [0.25, 0.3) is 0 Å². The molecule has 0 bridgehead atoms. The molecule has 2 rings (SSSR count). The van der Waals surface area contributed by atoms with E-state index in [0.717, 1.165) is 17.9 Å². The van der Waals surface area contributed by atoms with Crippen molar-refractivity contribution in [3.63, 3.8) is 0 Å². The predicted octanol–water partition coefficient (Wildman–Crippen LogP) is 0.389. The average Bonchev–Trinajstić information content (AvgIpc) is 2.93. The van der Waals surface area contributed by atoms with E-state index in [0.29, 0.717) is 37.9 Å². The van der Waals surface area contributed by atoms with Crippen LogP contribution in [0.2, 0.25) is 0 Å². The summed E-state index contributed by atoms with van der Waals surface area (Å²) in [4.78, 5) is 6.64. The second-order valence-electron chi connectivity index (χ2n) is 7.22. The molecule has 3 N–H and O–H groups in total. The number of hydrogen-bond donors (Lipinski definition) is 3. The fraction of sp³-hybridized carbons (Fsp3) is 0.722. The summed E-state index contributed by atoms with van der Waals surface area (Å²) in [5.74, 6) is 2.55. The lowest BCUT2D eigenvalue weighted by molar-refractivity contribution is 0.0657. The fourth-order valence-corrected chi connectivity index (χ4v) is 4.41. The molecule has 9 heteroatoms. The number of aliphatic imine (C=N–C) groups is 1. The van der Waals surface area contributed by atoms with E-state index in [9.17, 15) is 13.5 Å². The SMILES string of the molecule is CCNC(=NCC(C)(O)c1cc(C)oc1C)NCCN1CCS(=O)(=O)CC1. The van der Waals surface area contributed by atoms with Crippen LogP contribution in [0.4, 0.5) is 0 Å². The van der Waals surface area contributed by atoms with Crippen LogP contribution in [0.5, 0.6) is 0 Å². The van der Waals surface area contributed by atoms with Crippen LogP contribution in [0.3, 0.4) is 0 Å². The van der Waals surface area contributed by atoms with Crippen molar-refractivity contribution in [3.8, 4) is 0 Å². The molecule has 0 aliphatic carbocycles. The number of nitrogens with one attached hydrogen (secondary N) is 2. The summed E-state index contributed by atoms with van der Waals surface area (Å²) in [6.45, 7) is 10.9. The minimum atomic E-state index is -2.85. The van der Waals surface area contributed by atoms with E-state index in [-0.39, 0.29) is 18.1 Å². The number of furan rings is 1. The minimum absolute atomic E-state index is 0.199. The van der Waals surface area contributed by atoms with Crippen molar-refractivity contribution in [3.05, 3.63) is 23.2 Å². The molecule has 154 valence electrons. The minimum Gasteiger partial charge on any atom is -0.466 e. The normalized spacial score (nSPS) is 20.3. The topological polar surface area (TPSA) is 107 Å². The number of hydrogen-bond acceptors (Lipinski definition) is 6. The highest BCUT2D eigenvalue weighted by molar-refractivity contribution is 7.91. The summed E-state index contributed by atoms with van der Waals surface area (Å²) in [7, 11) is -2.85. The predicted molar refractivity (Wildman–Crippen MR) is 107 cm³/mol. The number of sulfone groups is 1. The summed E-state index contributed by atoms with van der Waals surface area (Å²) in [6.07, 6.45) is 0. The van der Waals surface area contributed by atoms with Crippen LogP contribution in [0.15, 0.2) is 15.5 Å². The van der Waals surface area contributed by atoms with E-state index in [1.54, 1.807) is 6.92 Å². The van der Waals surface area contributed by atoms with Gasteiger partial charge in [0.1, 0.15) is 17.1 Å².